The fraction of sp³-hybridized carbons (Fsp3) is 0.150. The van der Waals surface area contributed by atoms with Gasteiger partial charge in [0, 0.05) is 29.1 Å². The van der Waals surface area contributed by atoms with Gasteiger partial charge >= 0.3 is 0 Å². The standard InChI is InChI=1S/C20H17BrN6O/c1-3-27-11-16(17(28)15-9-4-12(2)23-19(15)27)18-24-20(26-25-18)22-10-13-5-7-14(21)8-6-13/h4-11H,3H2,1-2H3,(H,24,25,26). The Morgan fingerprint density at radius 1 is 1.18 bits per heavy atom. The van der Waals surface area contributed by atoms with Gasteiger partial charge in [-0.2, -0.15) is 4.98 Å². The van der Waals surface area contributed by atoms with Gasteiger partial charge in [0.15, 0.2) is 5.82 Å². The summed E-state index contributed by atoms with van der Waals surface area (Å²) in [6.45, 7) is 4.60. The van der Waals surface area contributed by atoms with Crippen LogP contribution in [0.3, 0.4) is 0 Å². The molecule has 0 radical (unpaired) electrons. The maximum absolute atomic E-state index is 12.9. The van der Waals surface area contributed by atoms with Crippen molar-refractivity contribution < 1.29 is 0 Å². The van der Waals surface area contributed by atoms with E-state index in [0.717, 1.165) is 15.7 Å². The number of nitrogens with zero attached hydrogens (tertiary/aromatic N) is 5. The van der Waals surface area contributed by atoms with Gasteiger partial charge in [-0.05, 0) is 43.7 Å². The Hall–Kier alpha value is -3.13. The zero-order valence-corrected chi connectivity index (χ0v) is 16.9. The molecule has 0 amide bonds. The van der Waals surface area contributed by atoms with E-state index >= 15 is 0 Å². The van der Waals surface area contributed by atoms with Crippen LogP contribution < -0.4 is 5.43 Å². The lowest BCUT2D eigenvalue weighted by Gasteiger charge is -2.10. The molecule has 3 aromatic heterocycles. The average Bonchev–Trinajstić information content (AvgIpc) is 3.16. The van der Waals surface area contributed by atoms with Gasteiger partial charge in [-0.15, -0.1) is 5.10 Å². The number of aliphatic imine (C=N–C) groups is 1. The van der Waals surface area contributed by atoms with E-state index in [1.807, 2.05) is 48.7 Å². The Morgan fingerprint density at radius 2 is 1.96 bits per heavy atom. The highest BCUT2D eigenvalue weighted by Crippen LogP contribution is 2.18. The molecule has 0 spiro atoms. The lowest BCUT2D eigenvalue weighted by molar-refractivity contribution is 0.776. The number of halogens is 1. The normalized spacial score (nSPS) is 11.5. The molecule has 4 aromatic rings. The summed E-state index contributed by atoms with van der Waals surface area (Å²) in [5, 5.41) is 7.49. The Bertz CT molecular complexity index is 1240. The predicted octanol–water partition coefficient (Wildman–Crippen LogP) is 4.02. The number of rotatable bonds is 4. The highest BCUT2D eigenvalue weighted by Gasteiger charge is 2.14. The predicted molar refractivity (Wildman–Crippen MR) is 113 cm³/mol. The van der Waals surface area contributed by atoms with Crippen LogP contribution in [0.1, 0.15) is 18.2 Å². The summed E-state index contributed by atoms with van der Waals surface area (Å²) in [5.41, 5.74) is 2.77. The zero-order valence-electron chi connectivity index (χ0n) is 15.3. The van der Waals surface area contributed by atoms with E-state index in [2.05, 4.69) is 41.1 Å². The number of hydrogen-bond donors (Lipinski definition) is 1. The molecule has 0 fully saturated rings. The summed E-state index contributed by atoms with van der Waals surface area (Å²) < 4.78 is 2.94. The lowest BCUT2D eigenvalue weighted by Crippen LogP contribution is -2.13. The van der Waals surface area contributed by atoms with Crippen LogP contribution in [0.15, 0.2) is 56.9 Å². The Kier molecular flexibility index (Phi) is 4.87. The van der Waals surface area contributed by atoms with E-state index in [1.54, 1.807) is 18.5 Å². The number of pyridine rings is 2. The summed E-state index contributed by atoms with van der Waals surface area (Å²) in [5.74, 6) is 0.653. The molecule has 0 bridgehead atoms. The molecular formula is C20H17BrN6O. The first-order valence-electron chi connectivity index (χ1n) is 8.78. The number of aryl methyl sites for hydroxylation is 2. The van der Waals surface area contributed by atoms with Gasteiger partial charge in [-0.3, -0.25) is 9.89 Å². The first-order valence-corrected chi connectivity index (χ1v) is 9.57. The monoisotopic (exact) mass is 436 g/mol. The first-order chi connectivity index (χ1) is 13.5. The van der Waals surface area contributed by atoms with Crippen LogP contribution in [0.5, 0.6) is 0 Å². The van der Waals surface area contributed by atoms with Crippen molar-refractivity contribution in [2.45, 2.75) is 20.4 Å². The van der Waals surface area contributed by atoms with E-state index in [0.29, 0.717) is 29.0 Å². The van der Waals surface area contributed by atoms with E-state index in [1.165, 1.54) is 0 Å². The van der Waals surface area contributed by atoms with E-state index in [4.69, 9.17) is 0 Å². The second kappa shape index (κ2) is 7.47. The van der Waals surface area contributed by atoms with Crippen molar-refractivity contribution in [2.24, 2.45) is 4.99 Å². The quantitative estimate of drug-likeness (QED) is 0.489. The van der Waals surface area contributed by atoms with E-state index < -0.39 is 0 Å². The van der Waals surface area contributed by atoms with Crippen molar-refractivity contribution >= 4 is 39.1 Å². The zero-order chi connectivity index (χ0) is 19.7. The Balaban J connectivity index is 1.73. The number of aromatic amines is 1. The number of aromatic nitrogens is 5. The van der Waals surface area contributed by atoms with Crippen molar-refractivity contribution in [3.05, 3.63) is 68.5 Å². The van der Waals surface area contributed by atoms with Crippen molar-refractivity contribution in [3.8, 4) is 11.4 Å². The van der Waals surface area contributed by atoms with Crippen LogP contribution in [0, 0.1) is 6.92 Å². The molecule has 0 aliphatic rings. The van der Waals surface area contributed by atoms with Gasteiger partial charge in [0.05, 0.1) is 10.9 Å². The van der Waals surface area contributed by atoms with Crippen molar-refractivity contribution in [1.82, 2.24) is 24.7 Å². The van der Waals surface area contributed by atoms with Crippen molar-refractivity contribution in [1.29, 1.82) is 0 Å². The minimum absolute atomic E-state index is 0.133. The molecule has 28 heavy (non-hydrogen) atoms. The fourth-order valence-electron chi connectivity index (χ4n) is 2.88. The van der Waals surface area contributed by atoms with Crippen LogP contribution >= 0.6 is 15.9 Å². The first kappa shape index (κ1) is 18.2. The van der Waals surface area contributed by atoms with Gasteiger partial charge in [-0.1, -0.05) is 28.1 Å². The average molecular weight is 437 g/mol. The number of benzene rings is 1. The Morgan fingerprint density at radius 3 is 2.71 bits per heavy atom. The second-order valence-corrected chi connectivity index (χ2v) is 7.19. The molecule has 0 atom stereocenters. The maximum atomic E-state index is 12.9. The third-order valence-electron chi connectivity index (χ3n) is 4.33. The summed E-state index contributed by atoms with van der Waals surface area (Å²) in [7, 11) is 0. The number of fused-ring (bicyclic) bond motifs is 1. The third-order valence-corrected chi connectivity index (χ3v) is 4.86. The van der Waals surface area contributed by atoms with Crippen LogP contribution in [0.25, 0.3) is 22.4 Å². The molecule has 8 heteroatoms. The van der Waals surface area contributed by atoms with Crippen LogP contribution in [0.2, 0.25) is 0 Å². The molecule has 7 nitrogen and oxygen atoms in total. The molecule has 1 aromatic carbocycles. The lowest BCUT2D eigenvalue weighted by atomic mass is 10.1. The largest absolute Gasteiger partial charge is 0.332 e. The summed E-state index contributed by atoms with van der Waals surface area (Å²) in [6, 6.07) is 11.4. The molecule has 0 aliphatic heterocycles. The minimum atomic E-state index is -0.133. The fourth-order valence-corrected chi connectivity index (χ4v) is 3.15. The molecule has 140 valence electrons. The summed E-state index contributed by atoms with van der Waals surface area (Å²) >= 11 is 3.40. The summed E-state index contributed by atoms with van der Waals surface area (Å²) in [4.78, 5) is 26.1. The van der Waals surface area contributed by atoms with Gasteiger partial charge in [0.2, 0.25) is 5.43 Å². The van der Waals surface area contributed by atoms with Crippen LogP contribution in [0.4, 0.5) is 5.95 Å². The van der Waals surface area contributed by atoms with Gasteiger partial charge < -0.3 is 4.57 Å². The van der Waals surface area contributed by atoms with Crippen molar-refractivity contribution in [3.63, 3.8) is 0 Å². The number of hydrogen-bond acceptors (Lipinski definition) is 5. The smallest absolute Gasteiger partial charge is 0.268 e. The van der Waals surface area contributed by atoms with Gasteiger partial charge in [0.25, 0.3) is 5.95 Å². The molecular weight excluding hydrogens is 420 g/mol. The molecule has 3 heterocycles. The minimum Gasteiger partial charge on any atom is -0.332 e. The molecule has 4 rings (SSSR count). The maximum Gasteiger partial charge on any atom is 0.268 e. The highest BCUT2D eigenvalue weighted by atomic mass is 79.9. The van der Waals surface area contributed by atoms with Crippen LogP contribution in [-0.4, -0.2) is 30.9 Å². The number of nitrogens with one attached hydrogen (secondary N) is 1. The van der Waals surface area contributed by atoms with Gasteiger partial charge in [0.1, 0.15) is 5.65 Å². The molecule has 0 saturated heterocycles. The molecule has 0 saturated carbocycles. The van der Waals surface area contributed by atoms with Crippen molar-refractivity contribution in [2.75, 3.05) is 0 Å². The Labute approximate surface area is 169 Å². The van der Waals surface area contributed by atoms with Crippen LogP contribution in [-0.2, 0) is 6.54 Å². The second-order valence-electron chi connectivity index (χ2n) is 6.28. The highest BCUT2D eigenvalue weighted by molar-refractivity contribution is 9.10. The molecule has 0 aliphatic carbocycles. The molecule has 1 N–H and O–H groups in total. The summed E-state index contributed by atoms with van der Waals surface area (Å²) in [6.07, 6.45) is 3.44. The number of H-pyrrole nitrogens is 1. The third kappa shape index (κ3) is 3.50. The van der Waals surface area contributed by atoms with E-state index in [9.17, 15) is 4.79 Å². The van der Waals surface area contributed by atoms with E-state index in [-0.39, 0.29) is 11.4 Å². The topological polar surface area (TPSA) is 88.8 Å². The SMILES string of the molecule is CCn1cc(-c2nc(N=Cc3ccc(Br)cc3)n[nH]2)c(=O)c2ccc(C)nc21. The van der Waals surface area contributed by atoms with Gasteiger partial charge in [-0.25, -0.2) is 9.98 Å². The molecule has 0 unspecified atom stereocenters.